The molecule has 0 aromatic heterocycles. The number of nitrogens with one attached hydrogen (secondary N) is 1. The zero-order valence-corrected chi connectivity index (χ0v) is 14.5. The van der Waals surface area contributed by atoms with Crippen molar-refractivity contribution in [3.05, 3.63) is 70.3 Å². The van der Waals surface area contributed by atoms with Crippen LogP contribution in [0.5, 0.6) is 5.75 Å². The van der Waals surface area contributed by atoms with Crippen molar-refractivity contribution in [1.82, 2.24) is 0 Å². The van der Waals surface area contributed by atoms with Crippen LogP contribution in [0.4, 0.5) is 24.5 Å². The van der Waals surface area contributed by atoms with Gasteiger partial charge in [0.05, 0.1) is 10.5 Å². The molecule has 152 valence electrons. The summed E-state index contributed by atoms with van der Waals surface area (Å²) in [6.45, 7) is -0.666. The largest absolute Gasteiger partial charge is 0.573 e. The minimum Gasteiger partial charge on any atom is -0.452 e. The van der Waals surface area contributed by atoms with E-state index in [9.17, 15) is 32.9 Å². The number of para-hydroxylation sites is 1. The predicted molar refractivity (Wildman–Crippen MR) is 94.8 cm³/mol. The van der Waals surface area contributed by atoms with Crippen LogP contribution in [0, 0.1) is 10.1 Å². The number of carbonyl (C=O) groups excluding carboxylic acids is 2. The van der Waals surface area contributed by atoms with E-state index in [4.69, 9.17) is 4.74 Å². The van der Waals surface area contributed by atoms with Gasteiger partial charge in [-0.3, -0.25) is 14.9 Å². The molecule has 0 fully saturated rings. The van der Waals surface area contributed by atoms with Gasteiger partial charge >= 0.3 is 12.3 Å². The number of nitrogens with zero attached hydrogens (tertiary/aromatic N) is 1. The van der Waals surface area contributed by atoms with E-state index in [1.807, 2.05) is 0 Å². The molecule has 0 aliphatic rings. The van der Waals surface area contributed by atoms with E-state index >= 15 is 0 Å². The van der Waals surface area contributed by atoms with Crippen molar-refractivity contribution in [2.45, 2.75) is 6.36 Å². The summed E-state index contributed by atoms with van der Waals surface area (Å²) < 4.78 is 44.6. The third-order valence-corrected chi connectivity index (χ3v) is 3.25. The van der Waals surface area contributed by atoms with E-state index in [-0.39, 0.29) is 16.9 Å². The number of ether oxygens (including phenoxy) is 2. The van der Waals surface area contributed by atoms with Gasteiger partial charge in [0.25, 0.3) is 11.6 Å². The number of hydrogen-bond acceptors (Lipinski definition) is 6. The van der Waals surface area contributed by atoms with Crippen molar-refractivity contribution in [3.63, 3.8) is 0 Å². The van der Waals surface area contributed by atoms with Gasteiger partial charge in [-0.1, -0.05) is 12.1 Å². The maximum Gasteiger partial charge on any atom is 0.573 e. The highest BCUT2D eigenvalue weighted by molar-refractivity contribution is 5.94. The number of halogens is 3. The summed E-state index contributed by atoms with van der Waals surface area (Å²) in [7, 11) is 0. The SMILES string of the molecule is O=C(COC(=O)/C=C/c1ccccc1[N+](=O)[O-])Nc1ccc(OC(F)(F)F)cc1. The van der Waals surface area contributed by atoms with Crippen LogP contribution in [-0.4, -0.2) is 29.8 Å². The van der Waals surface area contributed by atoms with Crippen LogP contribution in [0.2, 0.25) is 0 Å². The normalized spacial score (nSPS) is 11.1. The van der Waals surface area contributed by atoms with Gasteiger partial charge in [0.2, 0.25) is 0 Å². The lowest BCUT2D eigenvalue weighted by Crippen LogP contribution is -2.20. The maximum absolute atomic E-state index is 12.1. The lowest BCUT2D eigenvalue weighted by atomic mass is 10.1. The molecule has 0 atom stereocenters. The van der Waals surface area contributed by atoms with E-state index in [0.717, 1.165) is 18.2 Å². The van der Waals surface area contributed by atoms with E-state index in [2.05, 4.69) is 10.1 Å². The number of alkyl halides is 3. The number of nitro benzene ring substituents is 1. The molecule has 2 rings (SSSR count). The molecular formula is C18H13F3N2O6. The van der Waals surface area contributed by atoms with Crippen molar-refractivity contribution in [3.8, 4) is 5.75 Å². The topological polar surface area (TPSA) is 108 Å². The molecule has 0 spiro atoms. The summed E-state index contributed by atoms with van der Waals surface area (Å²) in [4.78, 5) is 33.7. The van der Waals surface area contributed by atoms with Crippen LogP contribution in [0.1, 0.15) is 5.56 Å². The first-order valence-electron chi connectivity index (χ1n) is 7.88. The zero-order chi connectivity index (χ0) is 21.4. The van der Waals surface area contributed by atoms with E-state index in [1.54, 1.807) is 6.07 Å². The van der Waals surface area contributed by atoms with Gasteiger partial charge in [-0.15, -0.1) is 13.2 Å². The number of rotatable bonds is 7. The van der Waals surface area contributed by atoms with Gasteiger partial charge in [-0.2, -0.15) is 0 Å². The monoisotopic (exact) mass is 410 g/mol. The van der Waals surface area contributed by atoms with Gasteiger partial charge in [-0.05, 0) is 36.4 Å². The zero-order valence-electron chi connectivity index (χ0n) is 14.5. The van der Waals surface area contributed by atoms with Gasteiger partial charge < -0.3 is 14.8 Å². The Hall–Kier alpha value is -3.89. The van der Waals surface area contributed by atoms with Crippen molar-refractivity contribution in [1.29, 1.82) is 0 Å². The molecule has 1 amide bonds. The third kappa shape index (κ3) is 7.33. The summed E-state index contributed by atoms with van der Waals surface area (Å²) in [6, 6.07) is 10.1. The Morgan fingerprint density at radius 1 is 1.10 bits per heavy atom. The first-order valence-corrected chi connectivity index (χ1v) is 7.88. The summed E-state index contributed by atoms with van der Waals surface area (Å²) >= 11 is 0. The highest BCUT2D eigenvalue weighted by Gasteiger charge is 2.30. The second kappa shape index (κ2) is 9.35. The second-order valence-electron chi connectivity index (χ2n) is 5.38. The average Bonchev–Trinajstić information content (AvgIpc) is 2.65. The first kappa shape index (κ1) is 21.4. The van der Waals surface area contributed by atoms with Crippen molar-refractivity contribution in [2.75, 3.05) is 11.9 Å². The highest BCUT2D eigenvalue weighted by Crippen LogP contribution is 2.24. The maximum atomic E-state index is 12.1. The minimum atomic E-state index is -4.83. The third-order valence-electron chi connectivity index (χ3n) is 3.25. The molecule has 11 heteroatoms. The van der Waals surface area contributed by atoms with Crippen molar-refractivity contribution in [2.24, 2.45) is 0 Å². The van der Waals surface area contributed by atoms with Gasteiger partial charge in [0, 0.05) is 17.8 Å². The van der Waals surface area contributed by atoms with Gasteiger partial charge in [0.1, 0.15) is 5.75 Å². The van der Waals surface area contributed by atoms with Crippen LogP contribution in [0.3, 0.4) is 0 Å². The summed E-state index contributed by atoms with van der Waals surface area (Å²) in [5, 5.41) is 13.2. The van der Waals surface area contributed by atoms with Crippen LogP contribution in [0.15, 0.2) is 54.6 Å². The standard InChI is InChI=1S/C18H13F3N2O6/c19-18(20,21)29-14-8-6-13(7-9-14)22-16(24)11-28-17(25)10-5-12-3-1-2-4-15(12)23(26)27/h1-10H,11H2,(H,22,24)/b10-5+. The fourth-order valence-corrected chi connectivity index (χ4v) is 2.07. The molecule has 8 nitrogen and oxygen atoms in total. The molecule has 0 aliphatic carbocycles. The van der Waals surface area contributed by atoms with Gasteiger partial charge in [0.15, 0.2) is 6.61 Å². The Balaban J connectivity index is 1.84. The molecular weight excluding hydrogens is 397 g/mol. The van der Waals surface area contributed by atoms with Crippen LogP contribution in [-0.2, 0) is 14.3 Å². The fraction of sp³-hybridized carbons (Fsp3) is 0.111. The van der Waals surface area contributed by atoms with Gasteiger partial charge in [-0.25, -0.2) is 4.79 Å². The quantitative estimate of drug-likeness (QED) is 0.323. The van der Waals surface area contributed by atoms with Crippen LogP contribution >= 0.6 is 0 Å². The predicted octanol–water partition coefficient (Wildman–Crippen LogP) is 3.69. The number of hydrogen-bond donors (Lipinski definition) is 1. The van der Waals surface area contributed by atoms with Crippen molar-refractivity contribution >= 4 is 29.3 Å². The Bertz CT molecular complexity index is 926. The number of esters is 1. The smallest absolute Gasteiger partial charge is 0.452 e. The van der Waals surface area contributed by atoms with E-state index < -0.39 is 35.5 Å². The summed E-state index contributed by atoms with van der Waals surface area (Å²) in [6.07, 6.45) is -2.72. The van der Waals surface area contributed by atoms with Crippen LogP contribution < -0.4 is 10.1 Å². The molecule has 0 aliphatic heterocycles. The number of benzene rings is 2. The Morgan fingerprint density at radius 2 is 1.76 bits per heavy atom. The number of amides is 1. The molecule has 0 radical (unpaired) electrons. The molecule has 0 saturated carbocycles. The molecule has 0 bridgehead atoms. The van der Waals surface area contributed by atoms with Crippen LogP contribution in [0.25, 0.3) is 6.08 Å². The average molecular weight is 410 g/mol. The fourth-order valence-electron chi connectivity index (χ4n) is 2.07. The van der Waals surface area contributed by atoms with E-state index in [0.29, 0.717) is 0 Å². The minimum absolute atomic E-state index is 0.163. The Kier molecular flexibility index (Phi) is 6.90. The lowest BCUT2D eigenvalue weighted by Gasteiger charge is -2.10. The van der Waals surface area contributed by atoms with E-state index in [1.165, 1.54) is 36.4 Å². The van der Waals surface area contributed by atoms with Crippen molar-refractivity contribution < 1.29 is 37.2 Å². The second-order valence-corrected chi connectivity index (χ2v) is 5.38. The molecule has 0 unspecified atom stereocenters. The first-order chi connectivity index (χ1) is 13.6. The summed E-state index contributed by atoms with van der Waals surface area (Å²) in [5.41, 5.74) is 0.142. The molecule has 0 saturated heterocycles. The summed E-state index contributed by atoms with van der Waals surface area (Å²) in [5.74, 6) is -2.10. The molecule has 1 N–H and O–H groups in total. The Labute approximate surface area is 161 Å². The number of carbonyl (C=O) groups is 2. The lowest BCUT2D eigenvalue weighted by molar-refractivity contribution is -0.385. The molecule has 29 heavy (non-hydrogen) atoms. The number of nitro groups is 1. The Morgan fingerprint density at radius 3 is 2.38 bits per heavy atom. The molecule has 0 heterocycles. The molecule has 2 aromatic rings. The number of anilines is 1. The molecule has 2 aromatic carbocycles. The highest BCUT2D eigenvalue weighted by atomic mass is 19.4.